The van der Waals surface area contributed by atoms with Gasteiger partial charge in [0.25, 0.3) is 6.43 Å². The predicted octanol–water partition coefficient (Wildman–Crippen LogP) is 2.56. The highest BCUT2D eigenvalue weighted by molar-refractivity contribution is 9.09. The predicted molar refractivity (Wildman–Crippen MR) is 56.6 cm³/mol. The van der Waals surface area contributed by atoms with Crippen molar-refractivity contribution < 1.29 is 8.78 Å². The van der Waals surface area contributed by atoms with Gasteiger partial charge in [0, 0.05) is 0 Å². The van der Waals surface area contributed by atoms with Crippen molar-refractivity contribution in [2.45, 2.75) is 11.3 Å². The van der Waals surface area contributed by atoms with E-state index in [9.17, 15) is 13.6 Å². The highest BCUT2D eigenvalue weighted by Crippen LogP contribution is 2.30. The molecular weight excluding hydrogens is 270 g/mol. The monoisotopic (exact) mass is 276 g/mol. The molecule has 2 aromatic rings. The van der Waals surface area contributed by atoms with Gasteiger partial charge in [-0.05, 0) is 17.7 Å². The number of aromatic nitrogens is 2. The van der Waals surface area contributed by atoms with Crippen molar-refractivity contribution in [2.75, 3.05) is 0 Å². The average molecular weight is 277 g/mol. The Bertz CT molecular complexity index is 534. The maximum absolute atomic E-state index is 12.4. The van der Waals surface area contributed by atoms with Crippen LogP contribution in [-0.2, 0) is 0 Å². The van der Waals surface area contributed by atoms with Gasteiger partial charge in [0.2, 0.25) is 0 Å². The number of rotatable bonds is 2. The van der Waals surface area contributed by atoms with Gasteiger partial charge < -0.3 is 9.97 Å². The second-order valence-electron chi connectivity index (χ2n) is 3.12. The molecule has 15 heavy (non-hydrogen) atoms. The fourth-order valence-corrected chi connectivity index (χ4v) is 1.65. The van der Waals surface area contributed by atoms with Gasteiger partial charge in [-0.3, -0.25) is 0 Å². The van der Waals surface area contributed by atoms with Crippen molar-refractivity contribution in [3.8, 4) is 0 Å². The third-order valence-corrected chi connectivity index (χ3v) is 3.01. The zero-order valence-corrected chi connectivity index (χ0v) is 9.01. The van der Waals surface area contributed by atoms with Crippen LogP contribution in [0.1, 0.15) is 10.4 Å². The molecule has 0 radical (unpaired) electrons. The van der Waals surface area contributed by atoms with Crippen molar-refractivity contribution in [1.82, 2.24) is 9.97 Å². The molecular formula is C9H7BrF2N2O. The first-order valence-corrected chi connectivity index (χ1v) is 5.13. The second kappa shape index (κ2) is 3.77. The summed E-state index contributed by atoms with van der Waals surface area (Å²) in [4.78, 5) is 15.0. The van der Waals surface area contributed by atoms with E-state index in [1.807, 2.05) is 0 Å². The number of imidazole rings is 1. The molecule has 0 aliphatic heterocycles. The second-order valence-corrected chi connectivity index (χ2v) is 4.11. The third kappa shape index (κ3) is 1.94. The van der Waals surface area contributed by atoms with Gasteiger partial charge in [-0.1, -0.05) is 22.0 Å². The summed E-state index contributed by atoms with van der Waals surface area (Å²) in [6.07, 6.45) is -2.48. The Hall–Kier alpha value is -1.17. The minimum atomic E-state index is -2.48. The van der Waals surface area contributed by atoms with Gasteiger partial charge in [0.05, 0.1) is 11.0 Å². The first kappa shape index (κ1) is 10.4. The van der Waals surface area contributed by atoms with E-state index in [0.717, 1.165) is 0 Å². The van der Waals surface area contributed by atoms with Gasteiger partial charge in [-0.25, -0.2) is 13.6 Å². The van der Waals surface area contributed by atoms with E-state index < -0.39 is 11.3 Å². The molecule has 80 valence electrons. The van der Waals surface area contributed by atoms with Crippen LogP contribution in [0.5, 0.6) is 0 Å². The molecule has 1 atom stereocenters. The van der Waals surface area contributed by atoms with Crippen LogP contribution in [0.15, 0.2) is 23.0 Å². The van der Waals surface area contributed by atoms with Crippen LogP contribution >= 0.6 is 15.9 Å². The molecule has 0 spiro atoms. The molecule has 2 N–H and O–H groups in total. The van der Waals surface area contributed by atoms with Gasteiger partial charge in [-0.2, -0.15) is 0 Å². The van der Waals surface area contributed by atoms with Crippen LogP contribution < -0.4 is 5.69 Å². The molecule has 0 fully saturated rings. The van der Waals surface area contributed by atoms with Gasteiger partial charge in [-0.15, -0.1) is 0 Å². The maximum Gasteiger partial charge on any atom is 0.323 e. The zero-order chi connectivity index (χ0) is 11.0. The summed E-state index contributed by atoms with van der Waals surface area (Å²) in [7, 11) is 0. The number of nitrogens with one attached hydrogen (secondary N) is 2. The van der Waals surface area contributed by atoms with Crippen LogP contribution in [-0.4, -0.2) is 16.4 Å². The van der Waals surface area contributed by atoms with E-state index in [1.165, 1.54) is 6.07 Å². The fourth-order valence-electron chi connectivity index (χ4n) is 1.37. The Morgan fingerprint density at radius 1 is 1.20 bits per heavy atom. The first-order valence-electron chi connectivity index (χ1n) is 4.22. The lowest BCUT2D eigenvalue weighted by Crippen LogP contribution is -2.01. The summed E-state index contributed by atoms with van der Waals surface area (Å²) < 4.78 is 24.8. The molecule has 1 aromatic carbocycles. The molecule has 0 saturated heterocycles. The lowest BCUT2D eigenvalue weighted by Gasteiger charge is -2.08. The van der Waals surface area contributed by atoms with E-state index in [0.29, 0.717) is 16.6 Å². The number of fused-ring (bicyclic) bond motifs is 1. The summed E-state index contributed by atoms with van der Waals surface area (Å²) in [5.41, 5.74) is 1.23. The summed E-state index contributed by atoms with van der Waals surface area (Å²) in [6, 6.07) is 4.68. The normalized spacial score (nSPS) is 13.6. The Morgan fingerprint density at radius 2 is 1.87 bits per heavy atom. The maximum atomic E-state index is 12.4. The average Bonchev–Trinajstić information content (AvgIpc) is 2.55. The minimum absolute atomic E-state index is 0.342. The Labute approximate surface area is 91.6 Å². The minimum Gasteiger partial charge on any atom is -0.306 e. The van der Waals surface area contributed by atoms with Gasteiger partial charge in [0.1, 0.15) is 4.83 Å². The van der Waals surface area contributed by atoms with Crippen molar-refractivity contribution in [3.63, 3.8) is 0 Å². The first-order chi connectivity index (χ1) is 7.08. The number of hydrogen-bond acceptors (Lipinski definition) is 1. The molecule has 1 heterocycles. The number of halogens is 3. The summed E-state index contributed by atoms with van der Waals surface area (Å²) >= 11 is 2.89. The molecule has 2 rings (SSSR count). The molecule has 1 unspecified atom stereocenters. The number of hydrogen-bond donors (Lipinski definition) is 2. The lowest BCUT2D eigenvalue weighted by molar-refractivity contribution is 0.147. The van der Waals surface area contributed by atoms with E-state index in [-0.39, 0.29) is 5.69 Å². The topological polar surface area (TPSA) is 48.6 Å². The Morgan fingerprint density at radius 3 is 2.53 bits per heavy atom. The highest BCUT2D eigenvalue weighted by atomic mass is 79.9. The summed E-state index contributed by atoms with van der Waals surface area (Å²) in [5, 5.41) is 0. The van der Waals surface area contributed by atoms with Crippen LogP contribution in [0.3, 0.4) is 0 Å². The van der Waals surface area contributed by atoms with Gasteiger partial charge in [0.15, 0.2) is 0 Å². The SMILES string of the molecule is O=c1[nH]c2ccc(C(Br)C(F)F)cc2[nH]1. The van der Waals surface area contributed by atoms with E-state index in [1.54, 1.807) is 12.1 Å². The molecule has 0 bridgehead atoms. The summed E-state index contributed by atoms with van der Waals surface area (Å²) in [5.74, 6) is 0. The van der Waals surface area contributed by atoms with Crippen LogP contribution in [0, 0.1) is 0 Å². The van der Waals surface area contributed by atoms with Gasteiger partial charge >= 0.3 is 5.69 Å². The number of aromatic amines is 2. The van der Waals surface area contributed by atoms with Crippen molar-refractivity contribution >= 4 is 27.0 Å². The highest BCUT2D eigenvalue weighted by Gasteiger charge is 2.19. The molecule has 0 aliphatic carbocycles. The van der Waals surface area contributed by atoms with E-state index >= 15 is 0 Å². The Kier molecular flexibility index (Phi) is 2.60. The van der Waals surface area contributed by atoms with Crippen LogP contribution in [0.2, 0.25) is 0 Å². The molecule has 0 saturated carbocycles. The standard InChI is InChI=1S/C9H7BrF2N2O/c10-7(8(11)12)4-1-2-5-6(3-4)14-9(15)13-5/h1-3,7-8H,(H2,13,14,15). The third-order valence-electron chi connectivity index (χ3n) is 2.08. The van der Waals surface area contributed by atoms with Crippen molar-refractivity contribution in [1.29, 1.82) is 0 Å². The largest absolute Gasteiger partial charge is 0.323 e. The fraction of sp³-hybridized carbons (Fsp3) is 0.222. The van der Waals surface area contributed by atoms with Crippen molar-refractivity contribution in [2.24, 2.45) is 0 Å². The quantitative estimate of drug-likeness (QED) is 0.814. The molecule has 0 amide bonds. The van der Waals surface area contributed by atoms with E-state index in [2.05, 4.69) is 25.9 Å². The number of alkyl halides is 3. The van der Waals surface area contributed by atoms with Crippen molar-refractivity contribution in [3.05, 3.63) is 34.2 Å². The number of H-pyrrole nitrogens is 2. The van der Waals surface area contributed by atoms with E-state index in [4.69, 9.17) is 0 Å². The zero-order valence-electron chi connectivity index (χ0n) is 7.43. The Balaban J connectivity index is 2.50. The number of benzene rings is 1. The molecule has 3 nitrogen and oxygen atoms in total. The summed E-state index contributed by atoms with van der Waals surface area (Å²) in [6.45, 7) is 0. The molecule has 6 heteroatoms. The lowest BCUT2D eigenvalue weighted by atomic mass is 10.1. The van der Waals surface area contributed by atoms with Crippen LogP contribution in [0.25, 0.3) is 11.0 Å². The molecule has 1 aromatic heterocycles. The van der Waals surface area contributed by atoms with Crippen LogP contribution in [0.4, 0.5) is 8.78 Å². The smallest absolute Gasteiger partial charge is 0.306 e. The molecule has 0 aliphatic rings.